The third-order valence-electron chi connectivity index (χ3n) is 9.01. The molecule has 6 rings (SSSR count). The lowest BCUT2D eigenvalue weighted by Gasteiger charge is -2.50. The molecule has 0 unspecified atom stereocenters. The summed E-state index contributed by atoms with van der Waals surface area (Å²) in [5.41, 5.74) is 1.68. The lowest BCUT2D eigenvalue weighted by molar-refractivity contribution is -0.0595. The molecule has 4 aromatic rings. The van der Waals surface area contributed by atoms with Crippen molar-refractivity contribution in [3.63, 3.8) is 0 Å². The first-order chi connectivity index (χ1) is 20.9. The highest BCUT2D eigenvalue weighted by Gasteiger charge is 2.55. The molecule has 3 atom stereocenters. The fraction of sp³-hybridized carbons (Fsp3) is 0.412. The third kappa shape index (κ3) is 3.92. The number of methoxy groups -OCH3 is 4. The molecule has 0 radical (unpaired) electrons. The maximum Gasteiger partial charge on any atom is 0.261 e. The minimum atomic E-state index is -0.851. The second-order valence-electron chi connectivity index (χ2n) is 12.1. The number of fused-ring (bicyclic) bond motifs is 8. The van der Waals surface area contributed by atoms with E-state index in [1.165, 1.54) is 0 Å². The van der Waals surface area contributed by atoms with Crippen molar-refractivity contribution in [3.05, 3.63) is 67.7 Å². The van der Waals surface area contributed by atoms with Gasteiger partial charge in [0.15, 0.2) is 23.0 Å². The summed E-state index contributed by atoms with van der Waals surface area (Å²) in [6.45, 7) is 7.97. The van der Waals surface area contributed by atoms with Crippen molar-refractivity contribution >= 4 is 21.8 Å². The molecule has 0 N–H and O–H groups in total. The molecule has 2 aromatic heterocycles. The van der Waals surface area contributed by atoms with Gasteiger partial charge >= 0.3 is 0 Å². The first-order valence-corrected chi connectivity index (χ1v) is 14.5. The van der Waals surface area contributed by atoms with Gasteiger partial charge in [0.25, 0.3) is 11.1 Å². The minimum Gasteiger partial charge on any atom is -0.493 e. The fourth-order valence-corrected chi connectivity index (χ4v) is 7.17. The second kappa shape index (κ2) is 10.2. The molecule has 2 aromatic carbocycles. The van der Waals surface area contributed by atoms with Crippen LogP contribution in [0, 0.1) is 5.92 Å². The normalized spacial score (nSPS) is 19.6. The van der Waals surface area contributed by atoms with Crippen LogP contribution in [0.5, 0.6) is 34.5 Å². The van der Waals surface area contributed by atoms with Crippen LogP contribution in [0.3, 0.4) is 0 Å². The predicted octanol–water partition coefficient (Wildman–Crippen LogP) is 5.40. The number of allylic oxidation sites excluding steroid dienone is 2. The van der Waals surface area contributed by atoms with Gasteiger partial charge in [0.1, 0.15) is 39.8 Å². The maximum atomic E-state index is 14.4. The molecule has 4 heterocycles. The largest absolute Gasteiger partial charge is 0.493 e. The number of hydrogen-bond acceptors (Lipinski definition) is 8. The highest BCUT2D eigenvalue weighted by atomic mass is 16.5. The highest BCUT2D eigenvalue weighted by Crippen LogP contribution is 2.58. The molecular formula is C34H38N2O8. The molecule has 0 spiro atoms. The zero-order chi connectivity index (χ0) is 31.8. The fourth-order valence-electron chi connectivity index (χ4n) is 7.17. The summed E-state index contributed by atoms with van der Waals surface area (Å²) in [7, 11) is 9.62. The maximum absolute atomic E-state index is 14.4. The summed E-state index contributed by atoms with van der Waals surface area (Å²) in [5.74, 6) is 1.88. The van der Waals surface area contributed by atoms with E-state index in [1.54, 1.807) is 63.8 Å². The first kappa shape index (κ1) is 29.5. The Labute approximate surface area is 255 Å². The van der Waals surface area contributed by atoms with E-state index in [4.69, 9.17) is 28.4 Å². The summed E-state index contributed by atoms with van der Waals surface area (Å²) in [6, 6.07) is 7.34. The molecule has 0 bridgehead atoms. The van der Waals surface area contributed by atoms with Crippen LogP contribution in [0.15, 0.2) is 45.5 Å². The van der Waals surface area contributed by atoms with Crippen LogP contribution in [0.2, 0.25) is 0 Å². The van der Waals surface area contributed by atoms with Crippen molar-refractivity contribution in [1.82, 2.24) is 9.13 Å². The molecule has 2 aliphatic rings. The van der Waals surface area contributed by atoms with E-state index in [0.717, 1.165) is 5.57 Å². The quantitative estimate of drug-likeness (QED) is 0.280. The van der Waals surface area contributed by atoms with Crippen LogP contribution in [0.25, 0.3) is 21.8 Å². The molecule has 10 heteroatoms. The number of ether oxygens (including phenoxy) is 6. The zero-order valence-electron chi connectivity index (χ0n) is 26.8. The van der Waals surface area contributed by atoms with E-state index in [1.807, 2.05) is 39.8 Å². The number of aryl methyl sites for hydroxylation is 2. The predicted molar refractivity (Wildman–Crippen MR) is 168 cm³/mol. The number of aromatic nitrogens is 2. The number of nitrogens with zero attached hydrogens (tertiary/aromatic N) is 2. The van der Waals surface area contributed by atoms with Gasteiger partial charge in [0, 0.05) is 30.8 Å². The number of pyridine rings is 2. The van der Waals surface area contributed by atoms with Gasteiger partial charge in [0.2, 0.25) is 0 Å². The van der Waals surface area contributed by atoms with Crippen molar-refractivity contribution in [3.8, 4) is 34.5 Å². The monoisotopic (exact) mass is 602 g/mol. The standard InChI is InChI=1S/C34H38N2O8/c1-16(2)15-19-22-27(17-11-13-20(39-7)29(41-9)25(17)35(5)32(22)37)43-31-23-28(44-34(3,4)24(19)31)18-12-14-21(40-8)30(42-10)26(18)36(6)33(23)38/h11-15,19,24,31H,1-10H3/t19-,24+,31+/m1/s1. The van der Waals surface area contributed by atoms with E-state index < -0.39 is 23.5 Å². The third-order valence-corrected chi connectivity index (χ3v) is 9.01. The van der Waals surface area contributed by atoms with Crippen LogP contribution >= 0.6 is 0 Å². The van der Waals surface area contributed by atoms with E-state index in [0.29, 0.717) is 67.4 Å². The first-order valence-electron chi connectivity index (χ1n) is 14.5. The Morgan fingerprint density at radius 2 is 1.27 bits per heavy atom. The number of hydrogen-bond donors (Lipinski definition) is 0. The van der Waals surface area contributed by atoms with E-state index >= 15 is 0 Å². The smallest absolute Gasteiger partial charge is 0.261 e. The van der Waals surface area contributed by atoms with Gasteiger partial charge in [-0.15, -0.1) is 0 Å². The molecule has 2 aliphatic heterocycles. The lowest BCUT2D eigenvalue weighted by Crippen LogP contribution is -2.53. The SMILES string of the molecule is COc1ccc2c3c(c(=O)n(C)c2c1OC)[C@@H](C=C(C)C)[C@H]1[C@@H](O3)c2c(c3ccc(OC)c(OC)c3n(C)c2=O)OC1(C)C. The number of rotatable bonds is 5. The summed E-state index contributed by atoms with van der Waals surface area (Å²) in [4.78, 5) is 28.6. The zero-order valence-corrected chi connectivity index (χ0v) is 26.8. The van der Waals surface area contributed by atoms with Crippen LogP contribution in [-0.2, 0) is 14.1 Å². The van der Waals surface area contributed by atoms with Crippen LogP contribution in [-0.4, -0.2) is 43.2 Å². The van der Waals surface area contributed by atoms with Crippen molar-refractivity contribution in [1.29, 1.82) is 0 Å². The average molecular weight is 603 g/mol. The van der Waals surface area contributed by atoms with Gasteiger partial charge in [0.05, 0.1) is 39.9 Å². The Hall–Kier alpha value is -4.60. The minimum absolute atomic E-state index is 0.218. The summed E-state index contributed by atoms with van der Waals surface area (Å²) < 4.78 is 39.4. The van der Waals surface area contributed by atoms with Crippen LogP contribution < -0.4 is 39.5 Å². The van der Waals surface area contributed by atoms with E-state index in [9.17, 15) is 9.59 Å². The molecule has 44 heavy (non-hydrogen) atoms. The molecule has 0 saturated heterocycles. The molecule has 0 aliphatic carbocycles. The van der Waals surface area contributed by atoms with Crippen molar-refractivity contribution < 1.29 is 28.4 Å². The topological polar surface area (TPSA) is 99.4 Å². The molecular weight excluding hydrogens is 564 g/mol. The summed E-state index contributed by atoms with van der Waals surface area (Å²) in [6.07, 6.45) is 1.35. The lowest BCUT2D eigenvalue weighted by atomic mass is 9.68. The van der Waals surface area contributed by atoms with Crippen molar-refractivity contribution in [2.24, 2.45) is 20.0 Å². The van der Waals surface area contributed by atoms with Gasteiger partial charge < -0.3 is 37.6 Å². The van der Waals surface area contributed by atoms with Crippen LogP contribution in [0.1, 0.15) is 50.8 Å². The van der Waals surface area contributed by atoms with Gasteiger partial charge in [-0.25, -0.2) is 0 Å². The van der Waals surface area contributed by atoms with E-state index in [2.05, 4.69) is 6.08 Å². The van der Waals surface area contributed by atoms with Crippen molar-refractivity contribution in [2.45, 2.75) is 45.3 Å². The number of benzene rings is 2. The Kier molecular flexibility index (Phi) is 6.86. The van der Waals surface area contributed by atoms with Gasteiger partial charge in [-0.1, -0.05) is 11.6 Å². The molecule has 0 saturated carbocycles. The Bertz CT molecular complexity index is 2000. The van der Waals surface area contributed by atoms with Crippen LogP contribution in [0.4, 0.5) is 0 Å². The Balaban J connectivity index is 1.75. The molecule has 0 fully saturated rings. The van der Waals surface area contributed by atoms with Gasteiger partial charge in [-0.3, -0.25) is 9.59 Å². The summed E-state index contributed by atoms with van der Waals surface area (Å²) in [5, 5.41) is 1.37. The second-order valence-corrected chi connectivity index (χ2v) is 12.1. The molecule has 232 valence electrons. The van der Waals surface area contributed by atoms with Gasteiger partial charge in [-0.05, 0) is 52.0 Å². The Morgan fingerprint density at radius 1 is 0.773 bits per heavy atom. The molecule has 0 amide bonds. The highest BCUT2D eigenvalue weighted by molar-refractivity contribution is 5.95. The van der Waals surface area contributed by atoms with E-state index in [-0.39, 0.29) is 11.1 Å². The van der Waals surface area contributed by atoms with Gasteiger partial charge in [-0.2, -0.15) is 0 Å². The van der Waals surface area contributed by atoms with Crippen molar-refractivity contribution in [2.75, 3.05) is 28.4 Å². The molecule has 10 nitrogen and oxygen atoms in total. The average Bonchev–Trinajstić information content (AvgIpc) is 2.99. The Morgan fingerprint density at radius 3 is 1.75 bits per heavy atom. The summed E-state index contributed by atoms with van der Waals surface area (Å²) >= 11 is 0.